The number of hydrogen-bond acceptors (Lipinski definition) is 6. The first-order chi connectivity index (χ1) is 13.2. The monoisotopic (exact) mass is 490 g/mol. The summed E-state index contributed by atoms with van der Waals surface area (Å²) in [6, 6.07) is 0. The van der Waals surface area contributed by atoms with Crippen LogP contribution < -0.4 is 0 Å². The maximum absolute atomic E-state index is 12.3. The van der Waals surface area contributed by atoms with Crippen molar-refractivity contribution in [3.05, 3.63) is 0 Å². The maximum Gasteiger partial charge on any atom is 0.474 e. The van der Waals surface area contributed by atoms with Crippen LogP contribution in [0.1, 0.15) is 83.5 Å². The van der Waals surface area contributed by atoms with E-state index in [0.29, 0.717) is 11.9 Å². The van der Waals surface area contributed by atoms with Crippen molar-refractivity contribution in [2.24, 2.45) is 0 Å². The Labute approximate surface area is 180 Å². The Morgan fingerprint density at radius 2 is 1.07 bits per heavy atom. The van der Waals surface area contributed by atoms with Gasteiger partial charge in [0, 0.05) is 5.33 Å². The molecule has 1 N–H and O–H groups in total. The molecular formula is C19H40BrO5PS. The summed E-state index contributed by atoms with van der Waals surface area (Å²) in [5, 5.41) is 9.34. The first-order valence-electron chi connectivity index (χ1n) is 10.5. The summed E-state index contributed by atoms with van der Waals surface area (Å²) in [4.78, 5) is 0. The minimum absolute atomic E-state index is 0.0464. The largest absolute Gasteiger partial charge is 0.474 e. The van der Waals surface area contributed by atoms with Crippen LogP contribution in [0, 0.1) is 0 Å². The third kappa shape index (κ3) is 20.0. The molecule has 5 nitrogen and oxygen atoms in total. The number of aliphatic hydroxyl groups excluding tert-OH is 1. The molecule has 8 heteroatoms. The van der Waals surface area contributed by atoms with E-state index in [2.05, 4.69) is 28.6 Å². The minimum atomic E-state index is -3.53. The van der Waals surface area contributed by atoms with Gasteiger partial charge in [0.25, 0.3) is 0 Å². The number of hydrogen-bond donors (Lipinski definition) is 2. The van der Waals surface area contributed by atoms with Crippen LogP contribution in [-0.4, -0.2) is 42.6 Å². The number of thiol groups is 1. The van der Waals surface area contributed by atoms with E-state index in [4.69, 9.17) is 18.7 Å². The van der Waals surface area contributed by atoms with Gasteiger partial charge in [-0.2, -0.15) is 12.6 Å². The van der Waals surface area contributed by atoms with Gasteiger partial charge < -0.3 is 5.11 Å². The lowest BCUT2D eigenvalue weighted by Gasteiger charge is -2.17. The SMILES string of the molecule is O=P(OCCO)(OCCBr)OCCCCCCCCCCCCCCCS. The summed E-state index contributed by atoms with van der Waals surface area (Å²) in [5.74, 6) is 1.02. The van der Waals surface area contributed by atoms with Crippen molar-refractivity contribution < 1.29 is 23.2 Å². The summed E-state index contributed by atoms with van der Waals surface area (Å²) >= 11 is 7.45. The highest BCUT2D eigenvalue weighted by Crippen LogP contribution is 2.49. The van der Waals surface area contributed by atoms with Crippen molar-refractivity contribution in [2.75, 3.05) is 37.5 Å². The van der Waals surface area contributed by atoms with Crippen LogP contribution in [-0.2, 0) is 18.1 Å². The van der Waals surface area contributed by atoms with Gasteiger partial charge in [-0.05, 0) is 18.6 Å². The van der Waals surface area contributed by atoms with Crippen molar-refractivity contribution in [1.29, 1.82) is 0 Å². The first-order valence-corrected chi connectivity index (χ1v) is 13.7. The van der Waals surface area contributed by atoms with Crippen molar-refractivity contribution in [2.45, 2.75) is 83.5 Å². The Morgan fingerprint density at radius 1 is 0.667 bits per heavy atom. The van der Waals surface area contributed by atoms with E-state index in [0.717, 1.165) is 18.6 Å². The number of rotatable bonds is 22. The molecule has 0 aromatic rings. The minimum Gasteiger partial charge on any atom is -0.394 e. The highest BCUT2D eigenvalue weighted by molar-refractivity contribution is 9.09. The van der Waals surface area contributed by atoms with Gasteiger partial charge in [-0.15, -0.1) is 0 Å². The van der Waals surface area contributed by atoms with Crippen LogP contribution >= 0.6 is 36.4 Å². The van der Waals surface area contributed by atoms with Gasteiger partial charge in [-0.1, -0.05) is 86.6 Å². The summed E-state index contributed by atoms with van der Waals surface area (Å²) in [6.07, 6.45) is 16.4. The second kappa shape index (κ2) is 21.6. The molecule has 0 aliphatic heterocycles. The predicted octanol–water partition coefficient (Wildman–Crippen LogP) is 6.53. The second-order valence-corrected chi connectivity index (χ2v) is 9.59. The van der Waals surface area contributed by atoms with Crippen LogP contribution in [0.4, 0.5) is 0 Å². The zero-order valence-corrected chi connectivity index (χ0v) is 20.2. The molecule has 0 aliphatic rings. The fourth-order valence-electron chi connectivity index (χ4n) is 2.75. The van der Waals surface area contributed by atoms with E-state index in [1.165, 1.54) is 70.6 Å². The van der Waals surface area contributed by atoms with Gasteiger partial charge in [0.1, 0.15) is 0 Å². The molecule has 0 spiro atoms. The van der Waals surface area contributed by atoms with Gasteiger partial charge >= 0.3 is 7.82 Å². The average molecular weight is 491 g/mol. The topological polar surface area (TPSA) is 65.0 Å². The average Bonchev–Trinajstić information content (AvgIpc) is 2.68. The van der Waals surface area contributed by atoms with E-state index in [1.807, 2.05) is 0 Å². The first kappa shape index (κ1) is 27.9. The zero-order chi connectivity index (χ0) is 20.1. The van der Waals surface area contributed by atoms with Gasteiger partial charge in [0.15, 0.2) is 0 Å². The maximum atomic E-state index is 12.3. The molecule has 0 fully saturated rings. The third-order valence-corrected chi connectivity index (χ3v) is 6.36. The van der Waals surface area contributed by atoms with Crippen LogP contribution in [0.15, 0.2) is 0 Å². The molecular weight excluding hydrogens is 451 g/mol. The Bertz CT molecular complexity index is 338. The summed E-state index contributed by atoms with van der Waals surface area (Å²) < 4.78 is 27.8. The molecule has 0 radical (unpaired) electrons. The molecule has 27 heavy (non-hydrogen) atoms. The summed E-state index contributed by atoms with van der Waals surface area (Å²) in [7, 11) is -3.53. The lowest BCUT2D eigenvalue weighted by Crippen LogP contribution is -2.06. The van der Waals surface area contributed by atoms with Crippen LogP contribution in [0.3, 0.4) is 0 Å². The molecule has 0 aliphatic carbocycles. The molecule has 1 unspecified atom stereocenters. The van der Waals surface area contributed by atoms with Crippen molar-refractivity contribution in [3.8, 4) is 0 Å². The second-order valence-electron chi connectivity index (χ2n) is 6.68. The van der Waals surface area contributed by atoms with Crippen molar-refractivity contribution in [3.63, 3.8) is 0 Å². The third-order valence-electron chi connectivity index (χ3n) is 4.22. The van der Waals surface area contributed by atoms with E-state index in [1.54, 1.807) is 0 Å². The molecule has 0 aromatic carbocycles. The van der Waals surface area contributed by atoms with Crippen LogP contribution in [0.25, 0.3) is 0 Å². The molecule has 0 bridgehead atoms. The van der Waals surface area contributed by atoms with Gasteiger partial charge in [0.05, 0.1) is 26.4 Å². The smallest absolute Gasteiger partial charge is 0.394 e. The van der Waals surface area contributed by atoms with Crippen LogP contribution in [0.5, 0.6) is 0 Å². The Kier molecular flexibility index (Phi) is 22.3. The predicted molar refractivity (Wildman–Crippen MR) is 120 cm³/mol. The van der Waals surface area contributed by atoms with E-state index in [9.17, 15) is 4.57 Å². The number of phosphoric acid groups is 1. The standard InChI is InChI=1S/C19H40BrO5PS/c20-14-17-24-26(22,25-18-15-21)23-16-12-10-8-6-4-2-1-3-5-7-9-11-13-19-27/h21,27H,1-19H2. The fourth-order valence-corrected chi connectivity index (χ4v) is 4.58. The van der Waals surface area contributed by atoms with E-state index in [-0.39, 0.29) is 19.8 Å². The molecule has 0 aromatic heterocycles. The van der Waals surface area contributed by atoms with E-state index >= 15 is 0 Å². The lowest BCUT2D eigenvalue weighted by molar-refractivity contribution is 0.0986. The van der Waals surface area contributed by atoms with Gasteiger partial charge in [-0.25, -0.2) is 4.57 Å². The quantitative estimate of drug-likeness (QED) is 0.0780. The van der Waals surface area contributed by atoms with Crippen LogP contribution in [0.2, 0.25) is 0 Å². The number of alkyl halides is 1. The highest BCUT2D eigenvalue weighted by Gasteiger charge is 2.25. The van der Waals surface area contributed by atoms with Crippen molar-refractivity contribution in [1.82, 2.24) is 0 Å². The molecule has 0 saturated carbocycles. The zero-order valence-electron chi connectivity index (χ0n) is 16.8. The molecule has 164 valence electrons. The highest BCUT2D eigenvalue weighted by atomic mass is 79.9. The molecule has 0 rings (SSSR count). The number of halogens is 1. The Morgan fingerprint density at radius 3 is 1.52 bits per heavy atom. The molecule has 0 amide bonds. The Hall–Kier alpha value is 0.900. The number of phosphoric ester groups is 1. The molecule has 1 atom stereocenters. The molecule has 0 heterocycles. The van der Waals surface area contributed by atoms with Crippen molar-refractivity contribution >= 4 is 36.4 Å². The number of aliphatic hydroxyl groups is 1. The van der Waals surface area contributed by atoms with Gasteiger partial charge in [0.2, 0.25) is 0 Å². The van der Waals surface area contributed by atoms with E-state index < -0.39 is 7.82 Å². The number of unbranched alkanes of at least 4 members (excludes halogenated alkanes) is 12. The summed E-state index contributed by atoms with van der Waals surface area (Å²) in [5.41, 5.74) is 0. The van der Waals surface area contributed by atoms with Gasteiger partial charge in [-0.3, -0.25) is 13.6 Å². The lowest BCUT2D eigenvalue weighted by atomic mass is 10.0. The summed E-state index contributed by atoms with van der Waals surface area (Å²) in [6.45, 7) is 0.354. The fraction of sp³-hybridized carbons (Fsp3) is 1.00. The Balaban J connectivity index is 3.43. The normalized spacial score (nSPS) is 13.7. The molecule has 0 saturated heterocycles.